The average Bonchev–Trinajstić information content (AvgIpc) is 2.66. The van der Waals surface area contributed by atoms with E-state index in [-0.39, 0.29) is 23.0 Å². The monoisotopic (exact) mass is 404 g/mol. The molecule has 0 saturated heterocycles. The number of ether oxygens (including phenoxy) is 2. The van der Waals surface area contributed by atoms with E-state index < -0.39 is 21.4 Å². The number of ketones is 1. The summed E-state index contributed by atoms with van der Waals surface area (Å²) in [5, 5.41) is 20.0. The van der Waals surface area contributed by atoms with E-state index in [1.54, 1.807) is 6.07 Å². The molecule has 0 unspecified atom stereocenters. The van der Waals surface area contributed by atoms with Gasteiger partial charge in [-0.3, -0.25) is 4.79 Å². The molecule has 2 aromatic carbocycles. The summed E-state index contributed by atoms with van der Waals surface area (Å²) in [5.74, 6) is -0.930. The molecule has 148 valence electrons. The molecule has 0 aliphatic rings. The summed E-state index contributed by atoms with van der Waals surface area (Å²) in [7, 11) is -1.000. The molecule has 0 amide bonds. The minimum atomic E-state index is -3.78. The van der Waals surface area contributed by atoms with Crippen LogP contribution in [0, 0.1) is 0 Å². The molecule has 0 aliphatic heterocycles. The normalized spacial score (nSPS) is 11.8. The van der Waals surface area contributed by atoms with E-state index in [0.29, 0.717) is 11.1 Å². The quantitative estimate of drug-likeness (QED) is 0.651. The first kappa shape index (κ1) is 21.0. The van der Waals surface area contributed by atoms with E-state index in [2.05, 4.69) is 0 Å². The highest BCUT2D eigenvalue weighted by atomic mass is 32.2. The van der Waals surface area contributed by atoms with Crippen molar-refractivity contribution in [2.24, 2.45) is 0 Å². The Bertz CT molecular complexity index is 1020. The van der Waals surface area contributed by atoms with Crippen LogP contribution in [-0.2, 0) is 14.6 Å². The molecule has 2 aromatic rings. The molecule has 0 fully saturated rings. The lowest BCUT2D eigenvalue weighted by atomic mass is 10.2. The SMILES string of the molecule is COc1cc(C=CS(=O)(=O)CC(=O)/C=C/c2ccc(O)c(OC)c2)ccc1O. The van der Waals surface area contributed by atoms with Crippen LogP contribution in [0.4, 0.5) is 0 Å². The van der Waals surface area contributed by atoms with Gasteiger partial charge in [0, 0.05) is 5.41 Å². The van der Waals surface area contributed by atoms with E-state index >= 15 is 0 Å². The van der Waals surface area contributed by atoms with Crippen LogP contribution in [0.2, 0.25) is 0 Å². The number of hydrogen-bond donors (Lipinski definition) is 2. The fraction of sp³-hybridized carbons (Fsp3) is 0.150. The lowest BCUT2D eigenvalue weighted by Crippen LogP contribution is -2.11. The Morgan fingerprint density at radius 2 is 1.43 bits per heavy atom. The standard InChI is InChI=1S/C20H20O7S/c1-26-19-11-14(4-7-17(19)22)3-6-16(21)13-28(24,25)10-9-15-5-8-18(23)20(12-15)27-2/h3-12,22-23H,13H2,1-2H3/b6-3+,10-9?. The number of aromatic hydroxyl groups is 2. The van der Waals surface area contributed by atoms with Crippen molar-refractivity contribution >= 4 is 27.8 Å². The van der Waals surface area contributed by atoms with Gasteiger partial charge >= 0.3 is 0 Å². The van der Waals surface area contributed by atoms with Gasteiger partial charge < -0.3 is 19.7 Å². The Morgan fingerprint density at radius 3 is 1.93 bits per heavy atom. The molecule has 0 spiro atoms. The van der Waals surface area contributed by atoms with Gasteiger partial charge in [-0.2, -0.15) is 0 Å². The van der Waals surface area contributed by atoms with Gasteiger partial charge in [-0.15, -0.1) is 0 Å². The minimum Gasteiger partial charge on any atom is -0.504 e. The number of phenols is 2. The smallest absolute Gasteiger partial charge is 0.179 e. The van der Waals surface area contributed by atoms with Crippen molar-refractivity contribution < 1.29 is 32.9 Å². The van der Waals surface area contributed by atoms with Crippen molar-refractivity contribution in [2.75, 3.05) is 20.0 Å². The van der Waals surface area contributed by atoms with Gasteiger partial charge in [0.2, 0.25) is 0 Å². The average molecular weight is 404 g/mol. The third-order valence-corrected chi connectivity index (χ3v) is 4.92. The molecule has 0 heterocycles. The molecule has 2 N–H and O–H groups in total. The molecule has 0 bridgehead atoms. The minimum absolute atomic E-state index is 0.0375. The van der Waals surface area contributed by atoms with E-state index in [9.17, 15) is 23.4 Å². The third-order valence-electron chi connectivity index (χ3n) is 3.68. The third kappa shape index (κ3) is 5.88. The summed E-state index contributed by atoms with van der Waals surface area (Å²) >= 11 is 0. The Hall–Kier alpha value is -3.26. The van der Waals surface area contributed by atoms with Crippen molar-refractivity contribution in [2.45, 2.75) is 0 Å². The largest absolute Gasteiger partial charge is 0.504 e. The number of allylic oxidation sites excluding steroid dienone is 1. The number of carbonyl (C=O) groups is 1. The number of phenolic OH excluding ortho intramolecular Hbond substituents is 2. The van der Waals surface area contributed by atoms with Crippen molar-refractivity contribution in [1.82, 2.24) is 0 Å². The van der Waals surface area contributed by atoms with E-state index in [4.69, 9.17) is 9.47 Å². The number of hydrogen-bond acceptors (Lipinski definition) is 7. The lowest BCUT2D eigenvalue weighted by molar-refractivity contribution is -0.112. The van der Waals surface area contributed by atoms with Crippen LogP contribution >= 0.6 is 0 Å². The van der Waals surface area contributed by atoms with Gasteiger partial charge in [0.05, 0.1) is 14.2 Å². The van der Waals surface area contributed by atoms with Crippen LogP contribution in [0.15, 0.2) is 47.9 Å². The second kappa shape index (κ2) is 9.09. The second-order valence-electron chi connectivity index (χ2n) is 5.77. The summed E-state index contributed by atoms with van der Waals surface area (Å²) in [5.41, 5.74) is 1.07. The topological polar surface area (TPSA) is 110 Å². The maximum absolute atomic E-state index is 12.1. The first-order valence-corrected chi connectivity index (χ1v) is 9.81. The number of sulfone groups is 1. The maximum Gasteiger partial charge on any atom is 0.179 e. The fourth-order valence-corrected chi connectivity index (χ4v) is 3.22. The highest BCUT2D eigenvalue weighted by molar-refractivity contribution is 7.95. The van der Waals surface area contributed by atoms with Crippen molar-refractivity contribution in [1.29, 1.82) is 0 Å². The zero-order valence-corrected chi connectivity index (χ0v) is 16.1. The van der Waals surface area contributed by atoms with Gasteiger partial charge in [0.1, 0.15) is 5.75 Å². The molecular formula is C20H20O7S. The number of methoxy groups -OCH3 is 2. The van der Waals surface area contributed by atoms with Crippen LogP contribution in [0.25, 0.3) is 12.2 Å². The first-order chi connectivity index (χ1) is 13.2. The molecule has 0 atom stereocenters. The van der Waals surface area contributed by atoms with Gasteiger partial charge in [-0.25, -0.2) is 8.42 Å². The van der Waals surface area contributed by atoms with Gasteiger partial charge in [-0.1, -0.05) is 18.2 Å². The van der Waals surface area contributed by atoms with Gasteiger partial charge in [0.15, 0.2) is 38.6 Å². The highest BCUT2D eigenvalue weighted by Crippen LogP contribution is 2.27. The predicted molar refractivity (Wildman–Crippen MR) is 106 cm³/mol. The summed E-state index contributed by atoms with van der Waals surface area (Å²) < 4.78 is 34.2. The van der Waals surface area contributed by atoms with Crippen molar-refractivity contribution in [3.05, 3.63) is 59.0 Å². The fourth-order valence-electron chi connectivity index (χ4n) is 2.26. The molecule has 8 heteroatoms. The molecular weight excluding hydrogens is 384 g/mol. The zero-order valence-electron chi connectivity index (χ0n) is 15.3. The van der Waals surface area contributed by atoms with Crippen molar-refractivity contribution in [3.8, 4) is 23.0 Å². The first-order valence-electron chi connectivity index (χ1n) is 8.10. The Morgan fingerprint density at radius 1 is 0.929 bits per heavy atom. The van der Waals surface area contributed by atoms with Crippen LogP contribution in [-0.4, -0.2) is 44.4 Å². The Labute approximate surface area is 163 Å². The summed E-state index contributed by atoms with van der Waals surface area (Å²) in [4.78, 5) is 12.0. The molecule has 0 aromatic heterocycles. The maximum atomic E-state index is 12.1. The number of rotatable bonds is 8. The van der Waals surface area contributed by atoms with Crippen LogP contribution in [0.3, 0.4) is 0 Å². The van der Waals surface area contributed by atoms with Crippen molar-refractivity contribution in [3.63, 3.8) is 0 Å². The number of carbonyl (C=O) groups excluding carboxylic acids is 1. The van der Waals surface area contributed by atoms with Gasteiger partial charge in [0.25, 0.3) is 0 Å². The lowest BCUT2D eigenvalue weighted by Gasteiger charge is -2.04. The zero-order chi connectivity index (χ0) is 20.7. The number of benzene rings is 2. The molecule has 2 rings (SSSR count). The summed E-state index contributed by atoms with van der Waals surface area (Å²) in [6.07, 6.45) is 3.91. The summed E-state index contributed by atoms with van der Waals surface area (Å²) in [6.45, 7) is 0. The second-order valence-corrected chi connectivity index (χ2v) is 7.66. The van der Waals surface area contributed by atoms with Crippen LogP contribution < -0.4 is 9.47 Å². The predicted octanol–water partition coefficient (Wildman–Crippen LogP) is 2.78. The molecule has 0 radical (unpaired) electrons. The van der Waals surface area contributed by atoms with E-state index in [0.717, 1.165) is 11.5 Å². The molecule has 7 nitrogen and oxygen atoms in total. The van der Waals surface area contributed by atoms with E-state index in [1.165, 1.54) is 56.7 Å². The highest BCUT2D eigenvalue weighted by Gasteiger charge is 2.12. The Kier molecular flexibility index (Phi) is 6.84. The van der Waals surface area contributed by atoms with Crippen LogP contribution in [0.5, 0.6) is 23.0 Å². The Balaban J connectivity index is 2.06. The molecule has 0 saturated carbocycles. The molecule has 0 aliphatic carbocycles. The van der Waals surface area contributed by atoms with E-state index in [1.807, 2.05) is 0 Å². The van der Waals surface area contributed by atoms with Crippen LogP contribution in [0.1, 0.15) is 11.1 Å². The molecule has 28 heavy (non-hydrogen) atoms. The van der Waals surface area contributed by atoms with Gasteiger partial charge in [-0.05, 0) is 47.5 Å². The summed E-state index contributed by atoms with van der Waals surface area (Å²) in [6, 6.07) is 8.87.